The minimum atomic E-state index is -0.670. The van der Waals surface area contributed by atoms with Crippen molar-refractivity contribution >= 4 is 11.7 Å². The van der Waals surface area contributed by atoms with Gasteiger partial charge in [0, 0.05) is 19.3 Å². The molecule has 21 heavy (non-hydrogen) atoms. The highest BCUT2D eigenvalue weighted by Crippen LogP contribution is 2.32. The first-order valence-corrected chi connectivity index (χ1v) is 7.26. The predicted octanol–water partition coefficient (Wildman–Crippen LogP) is 1.53. The van der Waals surface area contributed by atoms with E-state index in [1.165, 1.54) is 0 Å². The topological polar surface area (TPSA) is 95.0 Å². The van der Waals surface area contributed by atoms with E-state index in [1.807, 2.05) is 31.9 Å². The highest BCUT2D eigenvalue weighted by Gasteiger charge is 2.33. The Balaban J connectivity index is 2.37. The van der Waals surface area contributed by atoms with Gasteiger partial charge in [-0.05, 0) is 38.3 Å². The van der Waals surface area contributed by atoms with Gasteiger partial charge in [-0.25, -0.2) is 4.98 Å². The van der Waals surface area contributed by atoms with Gasteiger partial charge in [0.2, 0.25) is 0 Å². The molecule has 0 radical (unpaired) electrons. The molecule has 6 nitrogen and oxygen atoms in total. The van der Waals surface area contributed by atoms with E-state index in [9.17, 15) is 5.11 Å². The molecule has 0 aliphatic heterocycles. The van der Waals surface area contributed by atoms with E-state index >= 15 is 0 Å². The largest absolute Gasteiger partial charge is 0.409 e. The molecule has 0 amide bonds. The summed E-state index contributed by atoms with van der Waals surface area (Å²) in [5, 5.41) is 22.7. The Morgan fingerprint density at radius 1 is 1.43 bits per heavy atom. The normalized spacial score (nSPS) is 18.0. The summed E-state index contributed by atoms with van der Waals surface area (Å²) >= 11 is 0. The maximum Gasteiger partial charge on any atom is 0.174 e. The molecule has 0 saturated heterocycles. The van der Waals surface area contributed by atoms with Crippen molar-refractivity contribution in [1.29, 1.82) is 0 Å². The number of aliphatic hydroxyl groups is 1. The standard InChI is InChI=1S/C15H24N4O2/c1-10-8-11(2)17-14(12(10)13(16)18-21)19(3)9-15(20)6-4-5-7-15/h8,20-21H,4-7,9H2,1-3H3,(H2,16,18). The third-order valence-electron chi connectivity index (χ3n) is 4.12. The predicted molar refractivity (Wildman–Crippen MR) is 82.9 cm³/mol. The van der Waals surface area contributed by atoms with Crippen molar-refractivity contribution in [3.8, 4) is 0 Å². The molecule has 116 valence electrons. The number of rotatable bonds is 4. The van der Waals surface area contributed by atoms with E-state index in [0.29, 0.717) is 17.9 Å². The van der Waals surface area contributed by atoms with Crippen molar-refractivity contribution in [2.45, 2.75) is 45.1 Å². The average molecular weight is 292 g/mol. The minimum Gasteiger partial charge on any atom is -0.409 e. The van der Waals surface area contributed by atoms with Crippen LogP contribution in [0, 0.1) is 13.8 Å². The van der Waals surface area contributed by atoms with Gasteiger partial charge in [0.1, 0.15) is 5.82 Å². The first-order chi connectivity index (χ1) is 9.86. The fourth-order valence-electron chi connectivity index (χ4n) is 3.17. The van der Waals surface area contributed by atoms with Gasteiger partial charge < -0.3 is 20.9 Å². The van der Waals surface area contributed by atoms with Crippen LogP contribution in [0.4, 0.5) is 5.82 Å². The number of nitrogens with zero attached hydrogens (tertiary/aromatic N) is 3. The molecule has 6 heteroatoms. The highest BCUT2D eigenvalue weighted by molar-refractivity contribution is 6.02. The van der Waals surface area contributed by atoms with Crippen LogP contribution in [-0.4, -0.2) is 40.3 Å². The summed E-state index contributed by atoms with van der Waals surface area (Å²) in [6, 6.07) is 1.90. The lowest BCUT2D eigenvalue weighted by Gasteiger charge is -2.30. The van der Waals surface area contributed by atoms with E-state index in [-0.39, 0.29) is 5.84 Å². The Morgan fingerprint density at radius 2 is 2.05 bits per heavy atom. The molecule has 1 aliphatic rings. The van der Waals surface area contributed by atoms with Gasteiger partial charge >= 0.3 is 0 Å². The summed E-state index contributed by atoms with van der Waals surface area (Å²) in [6.45, 7) is 4.31. The number of anilines is 1. The second-order valence-corrected chi connectivity index (χ2v) is 6.05. The van der Waals surface area contributed by atoms with Gasteiger partial charge in [-0.3, -0.25) is 0 Å². The van der Waals surface area contributed by atoms with Gasteiger partial charge in [-0.2, -0.15) is 0 Å². The van der Waals surface area contributed by atoms with E-state index in [2.05, 4.69) is 10.1 Å². The van der Waals surface area contributed by atoms with Crippen molar-refractivity contribution in [3.05, 3.63) is 22.9 Å². The summed E-state index contributed by atoms with van der Waals surface area (Å²) in [4.78, 5) is 6.42. The van der Waals surface area contributed by atoms with E-state index in [4.69, 9.17) is 10.9 Å². The van der Waals surface area contributed by atoms with Crippen LogP contribution in [-0.2, 0) is 0 Å². The van der Waals surface area contributed by atoms with Gasteiger partial charge in [0.15, 0.2) is 5.84 Å². The summed E-state index contributed by atoms with van der Waals surface area (Å²) < 4.78 is 0. The molecule has 1 heterocycles. The molecule has 1 fully saturated rings. The van der Waals surface area contributed by atoms with Gasteiger partial charge in [0.05, 0.1) is 11.2 Å². The number of pyridine rings is 1. The molecule has 0 atom stereocenters. The summed E-state index contributed by atoms with van der Waals surface area (Å²) in [7, 11) is 1.88. The van der Waals surface area contributed by atoms with Crippen LogP contribution in [0.1, 0.15) is 42.5 Å². The fraction of sp³-hybridized carbons (Fsp3) is 0.600. The number of likely N-dealkylation sites (N-methyl/N-ethyl adjacent to an activating group) is 1. The van der Waals surface area contributed by atoms with Crippen molar-refractivity contribution in [3.63, 3.8) is 0 Å². The van der Waals surface area contributed by atoms with Crippen molar-refractivity contribution in [2.24, 2.45) is 10.9 Å². The zero-order chi connectivity index (χ0) is 15.6. The van der Waals surface area contributed by atoms with Gasteiger partial charge in [-0.1, -0.05) is 18.0 Å². The Hall–Kier alpha value is -1.82. The molecule has 4 N–H and O–H groups in total. The number of oxime groups is 1. The fourth-order valence-corrected chi connectivity index (χ4v) is 3.17. The Kier molecular flexibility index (Phi) is 4.37. The molecule has 2 rings (SSSR count). The molecular weight excluding hydrogens is 268 g/mol. The minimum absolute atomic E-state index is 0.0419. The Morgan fingerprint density at radius 3 is 2.62 bits per heavy atom. The quantitative estimate of drug-likeness (QED) is 0.338. The molecule has 1 aliphatic carbocycles. The van der Waals surface area contributed by atoms with Crippen LogP contribution in [0.2, 0.25) is 0 Å². The number of nitrogens with two attached hydrogens (primary N) is 1. The lowest BCUT2D eigenvalue weighted by molar-refractivity contribution is 0.0558. The molecule has 0 unspecified atom stereocenters. The molecule has 0 aromatic carbocycles. The Bertz CT molecular complexity index is 551. The third-order valence-corrected chi connectivity index (χ3v) is 4.12. The lowest BCUT2D eigenvalue weighted by atomic mass is 10.0. The SMILES string of the molecule is Cc1cc(C)c(/C(N)=N/O)c(N(C)CC2(O)CCCC2)n1. The molecule has 1 aromatic heterocycles. The lowest BCUT2D eigenvalue weighted by Crippen LogP contribution is -2.40. The van der Waals surface area contributed by atoms with Gasteiger partial charge in [0.25, 0.3) is 0 Å². The van der Waals surface area contributed by atoms with Crippen LogP contribution >= 0.6 is 0 Å². The summed E-state index contributed by atoms with van der Waals surface area (Å²) in [6.07, 6.45) is 3.72. The molecule has 1 aromatic rings. The van der Waals surface area contributed by atoms with Crippen LogP contribution in [0.15, 0.2) is 11.2 Å². The summed E-state index contributed by atoms with van der Waals surface area (Å²) in [5.74, 6) is 0.684. The van der Waals surface area contributed by atoms with Crippen molar-refractivity contribution in [2.75, 3.05) is 18.5 Å². The maximum absolute atomic E-state index is 10.6. The monoisotopic (exact) mass is 292 g/mol. The third kappa shape index (κ3) is 3.26. The average Bonchev–Trinajstić information content (AvgIpc) is 2.83. The molecular formula is C15H24N4O2. The number of amidine groups is 1. The van der Waals surface area contributed by atoms with Crippen molar-refractivity contribution < 1.29 is 10.3 Å². The van der Waals surface area contributed by atoms with Crippen LogP contribution in [0.25, 0.3) is 0 Å². The highest BCUT2D eigenvalue weighted by atomic mass is 16.4. The first kappa shape index (κ1) is 15.6. The van der Waals surface area contributed by atoms with Gasteiger partial charge in [-0.15, -0.1) is 0 Å². The number of aromatic nitrogens is 1. The molecule has 0 spiro atoms. The Labute approximate surface area is 125 Å². The number of hydrogen-bond donors (Lipinski definition) is 3. The van der Waals surface area contributed by atoms with Crippen LogP contribution in [0.5, 0.6) is 0 Å². The van der Waals surface area contributed by atoms with E-state index in [1.54, 1.807) is 0 Å². The van der Waals surface area contributed by atoms with E-state index in [0.717, 1.165) is 36.9 Å². The zero-order valence-electron chi connectivity index (χ0n) is 12.9. The first-order valence-electron chi connectivity index (χ1n) is 7.26. The van der Waals surface area contributed by atoms with E-state index < -0.39 is 5.60 Å². The smallest absolute Gasteiger partial charge is 0.174 e. The number of aryl methyl sites for hydroxylation is 2. The van der Waals surface area contributed by atoms with Crippen LogP contribution in [0.3, 0.4) is 0 Å². The second-order valence-electron chi connectivity index (χ2n) is 6.05. The van der Waals surface area contributed by atoms with Crippen LogP contribution < -0.4 is 10.6 Å². The maximum atomic E-state index is 10.6. The second kappa shape index (κ2) is 5.89. The molecule has 0 bridgehead atoms. The molecule has 1 saturated carbocycles. The number of hydrogen-bond acceptors (Lipinski definition) is 5. The van der Waals surface area contributed by atoms with Crippen molar-refractivity contribution in [1.82, 2.24) is 4.98 Å². The zero-order valence-corrected chi connectivity index (χ0v) is 12.9. The summed E-state index contributed by atoms with van der Waals surface area (Å²) in [5.41, 5.74) is 7.51.